The highest BCUT2D eigenvalue weighted by molar-refractivity contribution is 4.98. The fraction of sp³-hybridized carbons (Fsp3) is 0.920. The van der Waals surface area contributed by atoms with E-state index in [1.807, 2.05) is 0 Å². The highest BCUT2D eigenvalue weighted by Crippen LogP contribution is 2.14. The molecule has 0 rings (SSSR count). The molecule has 0 aromatic carbocycles. The van der Waals surface area contributed by atoms with Gasteiger partial charge in [-0.05, 0) is 19.3 Å². The summed E-state index contributed by atoms with van der Waals surface area (Å²) in [6, 6.07) is 0. The van der Waals surface area contributed by atoms with Gasteiger partial charge < -0.3 is 5.11 Å². The van der Waals surface area contributed by atoms with Gasteiger partial charge in [-0.3, -0.25) is 0 Å². The van der Waals surface area contributed by atoms with Crippen LogP contribution >= 0.6 is 0 Å². The Morgan fingerprint density at radius 1 is 0.423 bits per heavy atom. The highest BCUT2D eigenvalue weighted by atomic mass is 16.2. The van der Waals surface area contributed by atoms with Crippen LogP contribution in [0, 0.1) is 11.8 Å². The van der Waals surface area contributed by atoms with Gasteiger partial charge in [0, 0.05) is 19.4 Å². The second-order valence-corrected chi connectivity index (χ2v) is 7.94. The molecular weight excluding hydrogens is 316 g/mol. The molecule has 0 saturated carbocycles. The molecule has 1 N–H and O–H groups in total. The van der Waals surface area contributed by atoms with Gasteiger partial charge in [0.1, 0.15) is 0 Å². The van der Waals surface area contributed by atoms with Crippen molar-refractivity contribution in [1.29, 1.82) is 0 Å². The van der Waals surface area contributed by atoms with Crippen LogP contribution in [0.3, 0.4) is 0 Å². The lowest BCUT2D eigenvalue weighted by Crippen LogP contribution is -1.84. The van der Waals surface area contributed by atoms with Crippen LogP contribution in [-0.4, -0.2) is 11.7 Å². The predicted octanol–water partition coefficient (Wildman–Crippen LogP) is 8.19. The number of hydrogen-bond donors (Lipinski definition) is 1. The fourth-order valence-corrected chi connectivity index (χ4v) is 3.44. The van der Waals surface area contributed by atoms with Crippen molar-refractivity contribution < 1.29 is 5.11 Å². The van der Waals surface area contributed by atoms with Gasteiger partial charge in [-0.2, -0.15) is 0 Å². The van der Waals surface area contributed by atoms with E-state index in [-0.39, 0.29) is 0 Å². The molecule has 1 nitrogen and oxygen atoms in total. The third-order valence-electron chi connectivity index (χ3n) is 5.24. The first-order chi connectivity index (χ1) is 12.9. The van der Waals surface area contributed by atoms with E-state index in [4.69, 9.17) is 5.11 Å². The summed E-state index contributed by atoms with van der Waals surface area (Å²) in [5.74, 6) is 6.48. The normalized spacial score (nSPS) is 10.7. The van der Waals surface area contributed by atoms with Crippen molar-refractivity contribution in [3.63, 3.8) is 0 Å². The number of rotatable bonds is 20. The SMILES string of the molecule is CCCCCCCCCCCCCCCCCCCC#CCCCCO. The zero-order valence-corrected chi connectivity index (χ0v) is 18.0. The highest BCUT2D eigenvalue weighted by Gasteiger charge is 1.94. The first kappa shape index (κ1) is 25.5. The topological polar surface area (TPSA) is 20.2 Å². The Balaban J connectivity index is 3.03. The van der Waals surface area contributed by atoms with E-state index >= 15 is 0 Å². The molecule has 0 fully saturated rings. The molecule has 0 amide bonds. The molecule has 0 unspecified atom stereocenters. The van der Waals surface area contributed by atoms with Crippen molar-refractivity contribution in [3.05, 3.63) is 0 Å². The van der Waals surface area contributed by atoms with E-state index in [1.165, 1.54) is 109 Å². The maximum atomic E-state index is 8.68. The third kappa shape index (κ3) is 23.5. The molecular formula is C25H48O. The van der Waals surface area contributed by atoms with Crippen LogP contribution in [-0.2, 0) is 0 Å². The standard InChI is InChI=1S/C25H48O/c1-2-3-4-5-6-7-8-9-10-11-12-13-14-15-16-17-18-19-20-21-22-23-24-25-26/h26H,2-19,22-25H2,1H3. The van der Waals surface area contributed by atoms with Gasteiger partial charge in [0.25, 0.3) is 0 Å². The Kier molecular flexibility index (Phi) is 24.1. The van der Waals surface area contributed by atoms with Crippen LogP contribution in [0.15, 0.2) is 0 Å². The van der Waals surface area contributed by atoms with Gasteiger partial charge >= 0.3 is 0 Å². The minimum atomic E-state index is 0.306. The Morgan fingerprint density at radius 3 is 1.08 bits per heavy atom. The number of aliphatic hydroxyl groups excluding tert-OH is 1. The van der Waals surface area contributed by atoms with Crippen molar-refractivity contribution in [2.24, 2.45) is 0 Å². The minimum Gasteiger partial charge on any atom is -0.396 e. The zero-order chi connectivity index (χ0) is 19.0. The van der Waals surface area contributed by atoms with Crippen LogP contribution in [0.4, 0.5) is 0 Å². The van der Waals surface area contributed by atoms with Crippen molar-refractivity contribution >= 4 is 0 Å². The van der Waals surface area contributed by atoms with Crippen LogP contribution in [0.2, 0.25) is 0 Å². The second kappa shape index (κ2) is 24.5. The van der Waals surface area contributed by atoms with E-state index in [0.29, 0.717) is 6.61 Å². The molecule has 1 heteroatoms. The number of hydrogen-bond acceptors (Lipinski definition) is 1. The Labute approximate surface area is 165 Å². The quantitative estimate of drug-likeness (QED) is 0.170. The molecule has 0 saturated heterocycles. The second-order valence-electron chi connectivity index (χ2n) is 7.94. The first-order valence-corrected chi connectivity index (χ1v) is 12.0. The Morgan fingerprint density at radius 2 is 0.731 bits per heavy atom. The summed E-state index contributed by atoms with van der Waals surface area (Å²) in [6.07, 6.45) is 28.2. The molecule has 0 aromatic rings. The Bertz CT molecular complexity index is 299. The lowest BCUT2D eigenvalue weighted by atomic mass is 10.0. The van der Waals surface area contributed by atoms with Crippen LogP contribution in [0.1, 0.15) is 142 Å². The molecule has 0 aliphatic rings. The van der Waals surface area contributed by atoms with E-state index in [1.54, 1.807) is 0 Å². The minimum absolute atomic E-state index is 0.306. The summed E-state index contributed by atoms with van der Waals surface area (Å²) in [7, 11) is 0. The van der Waals surface area contributed by atoms with Crippen molar-refractivity contribution in [2.75, 3.05) is 6.61 Å². The number of unbranched alkanes of at least 4 members (excludes halogenated alkanes) is 19. The maximum absolute atomic E-state index is 8.68. The lowest BCUT2D eigenvalue weighted by molar-refractivity contribution is 0.285. The van der Waals surface area contributed by atoms with E-state index in [2.05, 4.69) is 18.8 Å². The van der Waals surface area contributed by atoms with Crippen molar-refractivity contribution in [2.45, 2.75) is 142 Å². The molecule has 0 bridgehead atoms. The van der Waals surface area contributed by atoms with E-state index < -0.39 is 0 Å². The number of aliphatic hydroxyl groups is 1. The molecule has 26 heavy (non-hydrogen) atoms. The molecule has 0 aromatic heterocycles. The molecule has 0 spiro atoms. The van der Waals surface area contributed by atoms with Gasteiger partial charge in [-0.1, -0.05) is 110 Å². The summed E-state index contributed by atoms with van der Waals surface area (Å²) in [6.45, 7) is 2.60. The van der Waals surface area contributed by atoms with Crippen molar-refractivity contribution in [1.82, 2.24) is 0 Å². The first-order valence-electron chi connectivity index (χ1n) is 12.0. The average molecular weight is 365 g/mol. The summed E-state index contributed by atoms with van der Waals surface area (Å²) in [4.78, 5) is 0. The summed E-state index contributed by atoms with van der Waals surface area (Å²) in [5, 5.41) is 8.68. The zero-order valence-electron chi connectivity index (χ0n) is 18.0. The summed E-state index contributed by atoms with van der Waals surface area (Å²) < 4.78 is 0. The monoisotopic (exact) mass is 364 g/mol. The molecule has 0 aliphatic heterocycles. The molecule has 0 aliphatic carbocycles. The fourth-order valence-electron chi connectivity index (χ4n) is 3.44. The van der Waals surface area contributed by atoms with Gasteiger partial charge in [-0.15, -0.1) is 11.8 Å². The largest absolute Gasteiger partial charge is 0.396 e. The molecule has 0 atom stereocenters. The summed E-state index contributed by atoms with van der Waals surface area (Å²) in [5.41, 5.74) is 0. The van der Waals surface area contributed by atoms with Crippen molar-refractivity contribution in [3.8, 4) is 11.8 Å². The van der Waals surface area contributed by atoms with Crippen LogP contribution < -0.4 is 0 Å². The average Bonchev–Trinajstić information content (AvgIpc) is 2.66. The van der Waals surface area contributed by atoms with E-state index in [9.17, 15) is 0 Å². The van der Waals surface area contributed by atoms with Gasteiger partial charge in [0.15, 0.2) is 0 Å². The van der Waals surface area contributed by atoms with Gasteiger partial charge in [0.2, 0.25) is 0 Å². The maximum Gasteiger partial charge on any atom is 0.0431 e. The van der Waals surface area contributed by atoms with Crippen LogP contribution in [0.25, 0.3) is 0 Å². The predicted molar refractivity (Wildman–Crippen MR) is 117 cm³/mol. The molecule has 154 valence electrons. The smallest absolute Gasteiger partial charge is 0.0431 e. The third-order valence-corrected chi connectivity index (χ3v) is 5.24. The van der Waals surface area contributed by atoms with Gasteiger partial charge in [0.05, 0.1) is 0 Å². The summed E-state index contributed by atoms with van der Waals surface area (Å²) >= 11 is 0. The Hall–Kier alpha value is -0.480. The lowest BCUT2D eigenvalue weighted by Gasteiger charge is -2.03. The molecule has 0 heterocycles. The van der Waals surface area contributed by atoms with E-state index in [0.717, 1.165) is 25.7 Å². The van der Waals surface area contributed by atoms with Crippen LogP contribution in [0.5, 0.6) is 0 Å². The van der Waals surface area contributed by atoms with Gasteiger partial charge in [-0.25, -0.2) is 0 Å². The molecule has 0 radical (unpaired) electrons.